The Morgan fingerprint density at radius 1 is 0.750 bits per heavy atom. The van der Waals surface area contributed by atoms with E-state index in [0.29, 0.717) is 0 Å². The van der Waals surface area contributed by atoms with Gasteiger partial charge in [0, 0.05) is 0 Å². The first kappa shape index (κ1) is 29.8. The minimum atomic E-state index is 0. The first-order chi connectivity index (χ1) is 3.68. The molecule has 5 heteroatoms. The van der Waals surface area contributed by atoms with Gasteiger partial charge in [0.25, 0.3) is 0 Å². The van der Waals surface area contributed by atoms with Crippen molar-refractivity contribution in [3.63, 3.8) is 0 Å². The largest absolute Gasteiger partial charge is 1.00 e. The molecule has 0 aliphatic carbocycles. The molecule has 0 saturated carbocycles. The van der Waals surface area contributed by atoms with Gasteiger partial charge in [-0.15, -0.1) is 0 Å². The lowest BCUT2D eigenvalue weighted by atomic mass is 10.4. The summed E-state index contributed by atoms with van der Waals surface area (Å²) in [5.74, 6) is 0. The van der Waals surface area contributed by atoms with Crippen molar-refractivity contribution in [3.8, 4) is 0 Å². The van der Waals surface area contributed by atoms with Gasteiger partial charge in [-0.25, -0.2) is 0 Å². The van der Waals surface area contributed by atoms with Crippen molar-refractivity contribution in [2.75, 3.05) is 26.7 Å². The summed E-state index contributed by atoms with van der Waals surface area (Å²) in [6.45, 7) is 10.5. The van der Waals surface area contributed by atoms with Crippen molar-refractivity contribution in [1.29, 1.82) is 0 Å². The van der Waals surface area contributed by atoms with Crippen LogP contribution in [0.4, 0.5) is 0 Å². The van der Waals surface area contributed by atoms with Gasteiger partial charge in [-0.05, 0) is 20.8 Å². The molecule has 0 amide bonds. The van der Waals surface area contributed by atoms with Crippen molar-refractivity contribution < 1.29 is 25.6 Å². The van der Waals surface area contributed by atoms with Crippen molar-refractivity contribution in [3.05, 3.63) is 0 Å². The Bertz CT molecular complexity index is 61.4. The average Bonchev–Trinajstić information content (AvgIpc) is 1.87. The summed E-state index contributed by atoms with van der Waals surface area (Å²) in [4.78, 5) is 0. The van der Waals surface area contributed by atoms with E-state index in [1.165, 1.54) is 24.1 Å². The standard InChI is InChI=1S/C7H18N.FH.3H2O/c1-5-8(4,6-2)7-3;;;;/h5-7H2,1-4H3;1H;3*1H2/q+1;;;;/p-1. The highest BCUT2D eigenvalue weighted by Crippen LogP contribution is 1.97. The number of halogens is 1. The van der Waals surface area contributed by atoms with E-state index in [1.54, 1.807) is 0 Å². The summed E-state index contributed by atoms with van der Waals surface area (Å²) >= 11 is 0. The highest BCUT2D eigenvalue weighted by Gasteiger charge is 2.10. The molecular formula is C7H24FNO3. The number of hydrogen-bond donors (Lipinski definition) is 0. The Morgan fingerprint density at radius 2 is 0.917 bits per heavy atom. The zero-order valence-electron chi connectivity index (χ0n) is 8.45. The molecule has 0 aliphatic rings. The van der Waals surface area contributed by atoms with Gasteiger partial charge in [-0.3, -0.25) is 0 Å². The third kappa shape index (κ3) is 9.77. The van der Waals surface area contributed by atoms with Gasteiger partial charge in [0.05, 0.1) is 26.7 Å². The molecule has 0 aromatic rings. The quantitative estimate of drug-likeness (QED) is 0.405. The lowest BCUT2D eigenvalue weighted by molar-refractivity contribution is -0.904. The van der Waals surface area contributed by atoms with Gasteiger partial charge < -0.3 is 25.6 Å². The molecule has 0 saturated heterocycles. The Morgan fingerprint density at radius 3 is 0.917 bits per heavy atom. The summed E-state index contributed by atoms with van der Waals surface area (Å²) in [7, 11) is 2.29. The van der Waals surface area contributed by atoms with E-state index in [2.05, 4.69) is 27.8 Å². The topological polar surface area (TPSA) is 94.5 Å². The maximum absolute atomic E-state index is 2.29. The minimum Gasteiger partial charge on any atom is -1.00 e. The summed E-state index contributed by atoms with van der Waals surface area (Å²) < 4.78 is 1.21. The molecule has 0 atom stereocenters. The summed E-state index contributed by atoms with van der Waals surface area (Å²) in [5.41, 5.74) is 0. The van der Waals surface area contributed by atoms with Gasteiger partial charge in [0.15, 0.2) is 0 Å². The van der Waals surface area contributed by atoms with Crippen LogP contribution in [-0.4, -0.2) is 47.6 Å². The second-order valence-electron chi connectivity index (χ2n) is 2.57. The zero-order valence-corrected chi connectivity index (χ0v) is 8.45. The molecule has 0 fully saturated rings. The second-order valence-corrected chi connectivity index (χ2v) is 2.57. The Kier molecular flexibility index (Phi) is 33.2. The highest BCUT2D eigenvalue weighted by molar-refractivity contribution is 4.24. The molecular weight excluding hydrogens is 165 g/mol. The summed E-state index contributed by atoms with van der Waals surface area (Å²) in [6.07, 6.45) is 0. The molecule has 0 radical (unpaired) electrons. The summed E-state index contributed by atoms with van der Waals surface area (Å²) in [6, 6.07) is 0. The van der Waals surface area contributed by atoms with Crippen LogP contribution in [0.2, 0.25) is 0 Å². The molecule has 4 nitrogen and oxygen atoms in total. The van der Waals surface area contributed by atoms with Crippen LogP contribution in [-0.2, 0) is 0 Å². The van der Waals surface area contributed by atoms with Gasteiger partial charge in [0.2, 0.25) is 0 Å². The smallest absolute Gasteiger partial charge is 0.0755 e. The fraction of sp³-hybridized carbons (Fsp3) is 1.00. The number of hydrogen-bond acceptors (Lipinski definition) is 0. The van der Waals surface area contributed by atoms with Crippen molar-refractivity contribution >= 4 is 0 Å². The summed E-state index contributed by atoms with van der Waals surface area (Å²) in [5, 5.41) is 0. The third-order valence-corrected chi connectivity index (χ3v) is 2.29. The van der Waals surface area contributed by atoms with Gasteiger partial charge >= 0.3 is 0 Å². The maximum atomic E-state index is 2.29. The van der Waals surface area contributed by atoms with Crippen molar-refractivity contribution in [1.82, 2.24) is 0 Å². The normalized spacial score (nSPS) is 8.00. The molecule has 0 aromatic heterocycles. The number of rotatable bonds is 3. The van der Waals surface area contributed by atoms with E-state index in [1.807, 2.05) is 0 Å². The number of quaternary nitrogens is 1. The first-order valence-electron chi connectivity index (χ1n) is 3.52. The SMILES string of the molecule is CC[N+](C)(CC)CC.O.O.O.[F-]. The maximum Gasteiger partial charge on any atom is 0.0755 e. The second kappa shape index (κ2) is 13.4. The molecule has 0 bridgehead atoms. The van der Waals surface area contributed by atoms with E-state index in [4.69, 9.17) is 0 Å². The first-order valence-corrected chi connectivity index (χ1v) is 3.52. The van der Waals surface area contributed by atoms with Crippen LogP contribution < -0.4 is 4.70 Å². The van der Waals surface area contributed by atoms with Crippen LogP contribution in [0.1, 0.15) is 20.8 Å². The lowest BCUT2D eigenvalue weighted by Crippen LogP contribution is -3.00. The van der Waals surface area contributed by atoms with Gasteiger partial charge in [-0.1, -0.05) is 0 Å². The minimum absolute atomic E-state index is 0. The molecule has 0 unspecified atom stereocenters. The predicted octanol–water partition coefficient (Wildman–Crippen LogP) is -3.98. The van der Waals surface area contributed by atoms with Crippen LogP contribution in [0.3, 0.4) is 0 Å². The van der Waals surface area contributed by atoms with E-state index >= 15 is 0 Å². The van der Waals surface area contributed by atoms with Crippen LogP contribution in [0.25, 0.3) is 0 Å². The molecule has 6 N–H and O–H groups in total. The van der Waals surface area contributed by atoms with Crippen LogP contribution in [0.15, 0.2) is 0 Å². The molecule has 0 aliphatic heterocycles. The third-order valence-electron chi connectivity index (χ3n) is 2.29. The Hall–Kier alpha value is -0.230. The lowest BCUT2D eigenvalue weighted by Gasteiger charge is -2.30. The van der Waals surface area contributed by atoms with E-state index in [0.717, 1.165) is 0 Å². The zero-order chi connectivity index (χ0) is 6.62. The molecule has 0 spiro atoms. The van der Waals surface area contributed by atoms with Crippen molar-refractivity contribution in [2.24, 2.45) is 0 Å². The van der Waals surface area contributed by atoms with E-state index < -0.39 is 0 Å². The van der Waals surface area contributed by atoms with E-state index in [-0.39, 0.29) is 21.1 Å². The fourth-order valence-electron chi connectivity index (χ4n) is 0.671. The fourth-order valence-corrected chi connectivity index (χ4v) is 0.671. The van der Waals surface area contributed by atoms with E-state index in [9.17, 15) is 0 Å². The van der Waals surface area contributed by atoms with Crippen LogP contribution >= 0.6 is 0 Å². The average molecular weight is 189 g/mol. The molecule has 82 valence electrons. The van der Waals surface area contributed by atoms with Gasteiger partial charge in [-0.2, -0.15) is 0 Å². The number of nitrogens with zero attached hydrogens (tertiary/aromatic N) is 1. The van der Waals surface area contributed by atoms with Crippen LogP contribution in [0, 0.1) is 0 Å². The monoisotopic (exact) mass is 189 g/mol. The van der Waals surface area contributed by atoms with Gasteiger partial charge in [0.1, 0.15) is 0 Å². The van der Waals surface area contributed by atoms with Crippen LogP contribution in [0.5, 0.6) is 0 Å². The van der Waals surface area contributed by atoms with Crippen molar-refractivity contribution in [2.45, 2.75) is 20.8 Å². The highest BCUT2D eigenvalue weighted by atomic mass is 19.0. The molecule has 0 aromatic carbocycles. The Balaban J connectivity index is -0.0000000408. The molecule has 0 heterocycles. The molecule has 12 heavy (non-hydrogen) atoms. The Labute approximate surface area is 74.1 Å². The predicted molar refractivity (Wildman–Crippen MR) is 48.6 cm³/mol. The molecule has 0 rings (SSSR count).